The molecule has 0 aliphatic heterocycles. The number of sulfonamides is 1. The van der Waals surface area contributed by atoms with Crippen LogP contribution in [0.4, 0.5) is 5.69 Å². The minimum Gasteiger partial charge on any atom is -0.357 e. The Morgan fingerprint density at radius 3 is 1.95 bits per heavy atom. The van der Waals surface area contributed by atoms with Crippen molar-refractivity contribution in [3.05, 3.63) is 131 Å². The molecule has 4 aromatic rings. The van der Waals surface area contributed by atoms with Gasteiger partial charge in [-0.3, -0.25) is 13.9 Å². The molecule has 0 radical (unpaired) electrons. The molecule has 4 rings (SSSR count). The highest BCUT2D eigenvalue weighted by atomic mass is 79.9. The van der Waals surface area contributed by atoms with Gasteiger partial charge >= 0.3 is 0 Å². The smallest absolute Gasteiger partial charge is 0.264 e. The molecule has 0 fully saturated rings. The van der Waals surface area contributed by atoms with Crippen LogP contribution in [0.2, 0.25) is 0 Å². The van der Waals surface area contributed by atoms with Crippen molar-refractivity contribution in [1.82, 2.24) is 10.2 Å². The standard InChI is InChI=1S/C31H30BrN3O4S/c1-33-31(37)29(20-24-12-5-2-6-13-24)34(22-25-14-7-3-8-15-25)30(36)23-35(27-17-11-16-26(32)21-27)40(38,39)28-18-9-4-10-19-28/h2-19,21,29H,20,22-23H2,1H3,(H,33,37). The molecule has 1 N–H and O–H groups in total. The topological polar surface area (TPSA) is 86.8 Å². The first-order valence-corrected chi connectivity index (χ1v) is 14.9. The number of nitrogens with zero attached hydrogens (tertiary/aromatic N) is 2. The molecule has 0 saturated carbocycles. The lowest BCUT2D eigenvalue weighted by molar-refractivity contribution is -0.139. The number of carbonyl (C=O) groups excluding carboxylic acids is 2. The molecule has 0 bridgehead atoms. The molecule has 0 aromatic heterocycles. The number of halogens is 1. The summed E-state index contributed by atoms with van der Waals surface area (Å²) in [5, 5.41) is 2.68. The lowest BCUT2D eigenvalue weighted by Crippen LogP contribution is -2.53. The van der Waals surface area contributed by atoms with E-state index < -0.39 is 28.5 Å². The molecule has 0 aliphatic rings. The molecule has 1 unspecified atom stereocenters. The number of rotatable bonds is 11. The summed E-state index contributed by atoms with van der Waals surface area (Å²) in [6, 6.07) is 32.7. The molecule has 4 aromatic carbocycles. The Hall–Kier alpha value is -3.95. The third-order valence-electron chi connectivity index (χ3n) is 6.42. The first-order valence-electron chi connectivity index (χ1n) is 12.7. The van der Waals surface area contributed by atoms with Crippen LogP contribution in [0, 0.1) is 0 Å². The zero-order valence-corrected chi connectivity index (χ0v) is 24.4. The highest BCUT2D eigenvalue weighted by Crippen LogP contribution is 2.27. The molecule has 0 aliphatic carbocycles. The summed E-state index contributed by atoms with van der Waals surface area (Å²) in [4.78, 5) is 28.9. The van der Waals surface area contributed by atoms with Crippen LogP contribution in [-0.4, -0.2) is 44.8 Å². The van der Waals surface area contributed by atoms with Gasteiger partial charge in [0, 0.05) is 24.5 Å². The molecular formula is C31H30BrN3O4S. The van der Waals surface area contributed by atoms with Gasteiger partial charge in [-0.2, -0.15) is 0 Å². The van der Waals surface area contributed by atoms with Gasteiger partial charge in [0.2, 0.25) is 11.8 Å². The summed E-state index contributed by atoms with van der Waals surface area (Å²) in [6.45, 7) is -0.370. The molecule has 9 heteroatoms. The number of anilines is 1. The molecular weight excluding hydrogens is 590 g/mol. The van der Waals surface area contributed by atoms with Gasteiger partial charge in [-0.25, -0.2) is 8.42 Å². The molecule has 2 amide bonds. The van der Waals surface area contributed by atoms with Gasteiger partial charge in [-0.15, -0.1) is 0 Å². The number of hydrogen-bond donors (Lipinski definition) is 1. The summed E-state index contributed by atoms with van der Waals surface area (Å²) >= 11 is 3.41. The Bertz CT molecular complexity index is 1530. The van der Waals surface area contributed by atoms with Crippen molar-refractivity contribution in [1.29, 1.82) is 0 Å². The van der Waals surface area contributed by atoms with Crippen LogP contribution in [0.5, 0.6) is 0 Å². The summed E-state index contributed by atoms with van der Waals surface area (Å²) < 4.78 is 29.5. The van der Waals surface area contributed by atoms with Crippen LogP contribution in [0.15, 0.2) is 125 Å². The van der Waals surface area contributed by atoms with Gasteiger partial charge in [0.05, 0.1) is 10.6 Å². The fraction of sp³-hybridized carbons (Fsp3) is 0.161. The second-order valence-electron chi connectivity index (χ2n) is 9.13. The number of benzene rings is 4. The van der Waals surface area contributed by atoms with Crippen molar-refractivity contribution in [3.63, 3.8) is 0 Å². The normalized spacial score (nSPS) is 11.8. The van der Waals surface area contributed by atoms with Crippen molar-refractivity contribution >= 4 is 43.5 Å². The second kappa shape index (κ2) is 13.4. The van der Waals surface area contributed by atoms with Gasteiger partial charge in [-0.1, -0.05) is 101 Å². The first-order chi connectivity index (χ1) is 19.3. The van der Waals surface area contributed by atoms with E-state index in [2.05, 4.69) is 21.2 Å². The van der Waals surface area contributed by atoms with E-state index in [9.17, 15) is 18.0 Å². The molecule has 0 heterocycles. The Balaban J connectivity index is 1.77. The third-order valence-corrected chi connectivity index (χ3v) is 8.70. The minimum atomic E-state index is -4.12. The molecule has 0 saturated heterocycles. The van der Waals surface area contributed by atoms with E-state index in [0.717, 1.165) is 15.4 Å². The average Bonchev–Trinajstić information content (AvgIpc) is 2.98. The molecule has 206 valence electrons. The first kappa shape index (κ1) is 29.0. The van der Waals surface area contributed by atoms with Crippen molar-refractivity contribution < 1.29 is 18.0 Å². The van der Waals surface area contributed by atoms with Crippen LogP contribution < -0.4 is 9.62 Å². The highest BCUT2D eigenvalue weighted by molar-refractivity contribution is 9.10. The summed E-state index contributed by atoms with van der Waals surface area (Å²) in [7, 11) is -2.59. The predicted octanol–water partition coefficient (Wildman–Crippen LogP) is 5.03. The van der Waals surface area contributed by atoms with E-state index in [0.29, 0.717) is 10.2 Å². The number of hydrogen-bond acceptors (Lipinski definition) is 4. The largest absolute Gasteiger partial charge is 0.357 e. The van der Waals surface area contributed by atoms with Crippen molar-refractivity contribution in [2.45, 2.75) is 23.9 Å². The van der Waals surface area contributed by atoms with Gasteiger partial charge in [0.25, 0.3) is 10.0 Å². The predicted molar refractivity (Wildman–Crippen MR) is 160 cm³/mol. The molecule has 1 atom stereocenters. The van der Waals surface area contributed by atoms with Crippen LogP contribution in [-0.2, 0) is 32.6 Å². The average molecular weight is 621 g/mol. The summed E-state index contributed by atoms with van der Waals surface area (Å²) in [6.07, 6.45) is 0.265. The lowest BCUT2D eigenvalue weighted by atomic mass is 10.0. The van der Waals surface area contributed by atoms with Crippen LogP contribution in [0.1, 0.15) is 11.1 Å². The lowest BCUT2D eigenvalue weighted by Gasteiger charge is -2.33. The number of likely N-dealkylation sites (N-methyl/N-ethyl adjacent to an activating group) is 1. The SMILES string of the molecule is CNC(=O)C(Cc1ccccc1)N(Cc1ccccc1)C(=O)CN(c1cccc(Br)c1)S(=O)(=O)c1ccccc1. The monoisotopic (exact) mass is 619 g/mol. The van der Waals surface area contributed by atoms with Gasteiger partial charge in [0.1, 0.15) is 12.6 Å². The fourth-order valence-electron chi connectivity index (χ4n) is 4.38. The number of carbonyl (C=O) groups is 2. The quantitative estimate of drug-likeness (QED) is 0.255. The Labute approximate surface area is 243 Å². The van der Waals surface area contributed by atoms with Crippen molar-refractivity contribution in [3.8, 4) is 0 Å². The van der Waals surface area contributed by atoms with Crippen molar-refractivity contribution in [2.24, 2.45) is 0 Å². The molecule has 0 spiro atoms. The zero-order chi connectivity index (χ0) is 28.5. The summed E-state index contributed by atoms with van der Waals surface area (Å²) in [5.74, 6) is -0.846. The highest BCUT2D eigenvalue weighted by Gasteiger charge is 2.34. The molecule has 40 heavy (non-hydrogen) atoms. The maximum atomic E-state index is 14.2. The van der Waals surface area contributed by atoms with E-state index in [4.69, 9.17) is 0 Å². The van der Waals surface area contributed by atoms with Gasteiger partial charge in [-0.05, 0) is 41.5 Å². The van der Waals surface area contributed by atoms with Crippen LogP contribution in [0.25, 0.3) is 0 Å². The Morgan fingerprint density at radius 2 is 1.38 bits per heavy atom. The maximum absolute atomic E-state index is 14.2. The number of nitrogens with one attached hydrogen (secondary N) is 1. The minimum absolute atomic E-state index is 0.0597. The van der Waals surface area contributed by atoms with Crippen LogP contribution in [0.3, 0.4) is 0 Å². The van der Waals surface area contributed by atoms with E-state index in [1.54, 1.807) is 42.5 Å². The van der Waals surface area contributed by atoms with Gasteiger partial charge < -0.3 is 10.2 Å². The van der Waals surface area contributed by atoms with Crippen LogP contribution >= 0.6 is 15.9 Å². The Morgan fingerprint density at radius 1 is 0.800 bits per heavy atom. The van der Waals surface area contributed by atoms with E-state index in [1.807, 2.05) is 60.7 Å². The van der Waals surface area contributed by atoms with E-state index in [1.165, 1.54) is 24.1 Å². The van der Waals surface area contributed by atoms with Gasteiger partial charge in [0.15, 0.2) is 0 Å². The van der Waals surface area contributed by atoms with E-state index >= 15 is 0 Å². The molecule has 7 nitrogen and oxygen atoms in total. The van der Waals surface area contributed by atoms with Crippen molar-refractivity contribution in [2.75, 3.05) is 17.9 Å². The zero-order valence-electron chi connectivity index (χ0n) is 22.0. The third kappa shape index (κ3) is 7.16. The second-order valence-corrected chi connectivity index (χ2v) is 11.9. The summed E-state index contributed by atoms with van der Waals surface area (Å²) in [5.41, 5.74) is 2.02. The maximum Gasteiger partial charge on any atom is 0.264 e. The number of amides is 2. The fourth-order valence-corrected chi connectivity index (χ4v) is 6.19. The Kier molecular flexibility index (Phi) is 9.74. The van der Waals surface area contributed by atoms with E-state index in [-0.39, 0.29) is 23.8 Å².